The maximum atomic E-state index is 13.0. The van der Waals surface area contributed by atoms with Crippen LogP contribution in [0.25, 0.3) is 22.1 Å². The number of benzene rings is 2. The number of rotatable bonds is 3. The Hall–Kier alpha value is -2.17. The van der Waals surface area contributed by atoms with Crippen molar-refractivity contribution < 1.29 is 38.4 Å². The lowest BCUT2D eigenvalue weighted by Gasteiger charge is -2.26. The summed E-state index contributed by atoms with van der Waals surface area (Å²) in [6.07, 6.45) is 5.05. The maximum Gasteiger partial charge on any atom is 0.200 e. The number of hydrogen-bond donors (Lipinski definition) is 2. The topological polar surface area (TPSA) is 143 Å². The van der Waals surface area contributed by atoms with E-state index in [1.807, 2.05) is 0 Å². The zero-order chi connectivity index (χ0) is 22.6. The predicted octanol–water partition coefficient (Wildman–Crippen LogP) is 0.681. The second-order valence-corrected chi connectivity index (χ2v) is 8.39. The van der Waals surface area contributed by atoms with Gasteiger partial charge >= 0.3 is 0 Å². The molecule has 0 atom stereocenters. The van der Waals surface area contributed by atoms with Crippen molar-refractivity contribution in [1.82, 2.24) is 4.90 Å². The first kappa shape index (κ1) is 23.5. The van der Waals surface area contributed by atoms with Crippen molar-refractivity contribution in [2.24, 2.45) is 0 Å². The lowest BCUT2D eigenvalue weighted by Crippen LogP contribution is -2.58. The monoisotopic (exact) mass is 469 g/mol. The number of fused-ring (bicyclic) bond motifs is 1. The summed E-state index contributed by atoms with van der Waals surface area (Å²) >= 11 is 5.93. The highest BCUT2D eigenvalue weighted by atomic mass is 35.7. The molecule has 0 unspecified atom stereocenters. The number of halogens is 2. The van der Waals surface area contributed by atoms with Gasteiger partial charge in [0.05, 0.1) is 31.4 Å². The van der Waals surface area contributed by atoms with E-state index >= 15 is 0 Å². The lowest BCUT2D eigenvalue weighted by atomic mass is 10.0. The molecule has 8 nitrogen and oxygen atoms in total. The molecule has 0 spiro atoms. The predicted molar refractivity (Wildman–Crippen MR) is 106 cm³/mol. The highest BCUT2D eigenvalue weighted by Gasteiger charge is 2.18. The van der Waals surface area contributed by atoms with Crippen LogP contribution in [-0.4, -0.2) is 27.8 Å². The second kappa shape index (κ2) is 9.97. The van der Waals surface area contributed by atoms with Crippen LogP contribution in [0.3, 0.4) is 0 Å². The van der Waals surface area contributed by atoms with E-state index in [2.05, 4.69) is 4.90 Å². The van der Waals surface area contributed by atoms with E-state index in [1.54, 1.807) is 36.4 Å². The number of piperidine rings is 1. The molecule has 1 aliphatic rings. The molecule has 3 aromatic rings. The molecule has 0 amide bonds. The third-order valence-electron chi connectivity index (χ3n) is 5.01. The average Bonchev–Trinajstić information content (AvgIpc) is 2.71. The number of phenols is 1. The van der Waals surface area contributed by atoms with Gasteiger partial charge in [0, 0.05) is 11.6 Å². The fourth-order valence-corrected chi connectivity index (χ4v) is 3.70. The summed E-state index contributed by atoms with van der Waals surface area (Å²) in [5.74, 6) is 0.172. The first-order valence-electron chi connectivity index (χ1n) is 9.51. The zero-order valence-corrected chi connectivity index (χ0v) is 17.9. The van der Waals surface area contributed by atoms with Crippen LogP contribution < -0.4 is 19.4 Å². The summed E-state index contributed by atoms with van der Waals surface area (Å²) in [5, 5.41) is 11.4. The van der Waals surface area contributed by atoms with Crippen molar-refractivity contribution in [3.8, 4) is 16.9 Å². The average molecular weight is 470 g/mol. The summed E-state index contributed by atoms with van der Waals surface area (Å²) in [7, 11) is -4.69. The molecule has 1 fully saturated rings. The SMILES string of the molecule is O=c1c(-c2ccc(Cl)cc2)coc2c(CN3CCCCC3)c(O)ccc12.[O-][Cl+3]([O-])([O-])O. The van der Waals surface area contributed by atoms with Crippen molar-refractivity contribution in [3.05, 3.63) is 63.5 Å². The quantitative estimate of drug-likeness (QED) is 0.569. The maximum absolute atomic E-state index is 13.0. The number of phenolic OH excluding ortho intramolecular Hbond substituents is 1. The van der Waals surface area contributed by atoms with Gasteiger partial charge in [-0.3, -0.25) is 9.69 Å². The largest absolute Gasteiger partial charge is 0.507 e. The fraction of sp³-hybridized carbons (Fsp3) is 0.286. The number of likely N-dealkylation sites (tertiary alicyclic amines) is 1. The Morgan fingerprint density at radius 1 is 1.03 bits per heavy atom. The number of hydrogen-bond acceptors (Lipinski definition) is 8. The minimum absolute atomic E-state index is 0.103. The zero-order valence-electron chi connectivity index (χ0n) is 16.4. The Morgan fingerprint density at radius 3 is 2.26 bits per heavy atom. The van der Waals surface area contributed by atoms with Crippen molar-refractivity contribution in [1.29, 1.82) is 0 Å². The van der Waals surface area contributed by atoms with E-state index in [0.717, 1.165) is 31.5 Å². The molecular weight excluding hydrogens is 449 g/mol. The summed E-state index contributed by atoms with van der Waals surface area (Å²) in [6.45, 7) is 2.60. The minimum Gasteiger partial charge on any atom is -0.507 e. The van der Waals surface area contributed by atoms with Crippen molar-refractivity contribution >= 4 is 22.6 Å². The van der Waals surface area contributed by atoms with Gasteiger partial charge in [0.25, 0.3) is 0 Å². The minimum atomic E-state index is -4.69. The Morgan fingerprint density at radius 2 is 1.65 bits per heavy atom. The number of nitrogens with zero attached hydrogens (tertiary/aromatic N) is 1. The molecule has 10 heteroatoms. The Kier molecular flexibility index (Phi) is 7.55. The van der Waals surface area contributed by atoms with Crippen LogP contribution in [-0.2, 0) is 6.54 Å². The molecule has 0 bridgehead atoms. The fourth-order valence-electron chi connectivity index (χ4n) is 3.57. The third kappa shape index (κ3) is 6.41. The van der Waals surface area contributed by atoms with E-state index in [1.165, 1.54) is 12.7 Å². The Balaban J connectivity index is 0.000000491. The first-order chi connectivity index (χ1) is 14.6. The molecule has 2 aromatic carbocycles. The molecule has 4 rings (SSSR count). The summed E-state index contributed by atoms with van der Waals surface area (Å²) in [5.41, 5.74) is 2.30. The molecule has 31 heavy (non-hydrogen) atoms. The molecule has 0 radical (unpaired) electrons. The van der Waals surface area contributed by atoms with E-state index in [4.69, 9.17) is 34.7 Å². The second-order valence-electron chi connectivity index (χ2n) is 7.16. The molecule has 1 aromatic heterocycles. The molecule has 1 saturated heterocycles. The molecule has 2 heterocycles. The molecule has 0 aliphatic carbocycles. The van der Waals surface area contributed by atoms with Crippen LogP contribution in [0.15, 0.2) is 51.9 Å². The smallest absolute Gasteiger partial charge is 0.200 e. The van der Waals surface area contributed by atoms with E-state index in [9.17, 15) is 9.90 Å². The van der Waals surface area contributed by atoms with Crippen LogP contribution in [0, 0.1) is 10.2 Å². The highest BCUT2D eigenvalue weighted by Crippen LogP contribution is 2.30. The summed E-state index contributed by atoms with van der Waals surface area (Å²) in [4.78, 5) is 15.3. The van der Waals surface area contributed by atoms with Gasteiger partial charge in [-0.1, -0.05) is 30.2 Å². The van der Waals surface area contributed by atoms with E-state index < -0.39 is 10.2 Å². The standard InChI is InChI=1S/C21H20ClNO3.ClHO4/c22-15-6-4-14(5-7-15)18-13-26-21-16(20(18)25)8-9-19(24)17(21)12-23-10-2-1-3-11-23;2-1(3,4)5/h4-9,13,24H,1-3,10-12H2;(H,2,3,4,5). The number of aromatic hydroxyl groups is 1. The van der Waals surface area contributed by atoms with Gasteiger partial charge in [0.15, 0.2) is 0 Å². The van der Waals surface area contributed by atoms with Gasteiger partial charge in [-0.05, 0) is 55.8 Å². The Bertz CT molecular complexity index is 1080. The molecule has 2 N–H and O–H groups in total. The van der Waals surface area contributed by atoms with Crippen LogP contribution in [0.4, 0.5) is 0 Å². The molecule has 166 valence electrons. The van der Waals surface area contributed by atoms with E-state index in [-0.39, 0.29) is 11.2 Å². The van der Waals surface area contributed by atoms with Crippen molar-refractivity contribution in [2.75, 3.05) is 13.1 Å². The van der Waals surface area contributed by atoms with Crippen LogP contribution >= 0.6 is 11.6 Å². The van der Waals surface area contributed by atoms with Gasteiger partial charge in [-0.15, -0.1) is 0 Å². The first-order valence-corrected chi connectivity index (χ1v) is 11.2. The summed E-state index contributed by atoms with van der Waals surface area (Å²) in [6, 6.07) is 10.3. The molecule has 1 aliphatic heterocycles. The van der Waals surface area contributed by atoms with Crippen LogP contribution in [0.5, 0.6) is 5.75 Å². The lowest BCUT2D eigenvalue weighted by molar-refractivity contribution is -1.92. The van der Waals surface area contributed by atoms with Crippen molar-refractivity contribution in [2.45, 2.75) is 25.8 Å². The van der Waals surface area contributed by atoms with Gasteiger partial charge in [-0.25, -0.2) is 0 Å². The van der Waals surface area contributed by atoms with E-state index in [0.29, 0.717) is 33.7 Å². The van der Waals surface area contributed by atoms with Crippen molar-refractivity contribution in [3.63, 3.8) is 0 Å². The normalized spacial score (nSPS) is 14.9. The summed E-state index contributed by atoms with van der Waals surface area (Å²) < 4.78 is 38.6. The van der Waals surface area contributed by atoms with Gasteiger partial charge in [-0.2, -0.15) is 14.0 Å². The van der Waals surface area contributed by atoms with Gasteiger partial charge < -0.3 is 9.52 Å². The molecular formula is C21H21Cl2NO7. The highest BCUT2D eigenvalue weighted by molar-refractivity contribution is 6.30. The molecule has 0 saturated carbocycles. The van der Waals surface area contributed by atoms with Crippen LogP contribution in [0.2, 0.25) is 5.02 Å². The van der Waals surface area contributed by atoms with Crippen LogP contribution in [0.1, 0.15) is 24.8 Å². The Labute approximate surface area is 185 Å². The van der Waals surface area contributed by atoms with Gasteiger partial charge in [0.2, 0.25) is 5.43 Å². The van der Waals surface area contributed by atoms with Gasteiger partial charge in [0.1, 0.15) is 17.6 Å². The third-order valence-corrected chi connectivity index (χ3v) is 5.26.